The van der Waals surface area contributed by atoms with Crippen molar-refractivity contribution < 1.29 is 9.47 Å². The molecule has 0 amide bonds. The fourth-order valence-corrected chi connectivity index (χ4v) is 2.45. The van der Waals surface area contributed by atoms with Gasteiger partial charge >= 0.3 is 0 Å². The van der Waals surface area contributed by atoms with Crippen LogP contribution in [0.1, 0.15) is 11.1 Å². The SMILES string of the molecule is COc1ccc(/C(C#N)=C/c2ccc(OC)c(Br)c2)cc1. The van der Waals surface area contributed by atoms with Crippen LogP contribution in [0.2, 0.25) is 0 Å². The lowest BCUT2D eigenvalue weighted by atomic mass is 10.0. The monoisotopic (exact) mass is 343 g/mol. The molecule has 0 radical (unpaired) electrons. The highest BCUT2D eigenvalue weighted by molar-refractivity contribution is 9.10. The van der Waals surface area contributed by atoms with Crippen molar-refractivity contribution in [2.75, 3.05) is 14.2 Å². The third kappa shape index (κ3) is 3.65. The summed E-state index contributed by atoms with van der Waals surface area (Å²) in [7, 11) is 3.23. The Labute approximate surface area is 132 Å². The number of halogens is 1. The van der Waals surface area contributed by atoms with E-state index in [-0.39, 0.29) is 0 Å². The second-order valence-corrected chi connectivity index (χ2v) is 5.15. The molecular weight excluding hydrogens is 330 g/mol. The van der Waals surface area contributed by atoms with E-state index in [0.29, 0.717) is 5.57 Å². The van der Waals surface area contributed by atoms with Crippen LogP contribution in [0, 0.1) is 11.3 Å². The van der Waals surface area contributed by atoms with Crippen molar-refractivity contribution in [3.63, 3.8) is 0 Å². The fraction of sp³-hybridized carbons (Fsp3) is 0.118. The van der Waals surface area contributed by atoms with Gasteiger partial charge in [-0.2, -0.15) is 5.26 Å². The second kappa shape index (κ2) is 6.96. The minimum Gasteiger partial charge on any atom is -0.497 e. The first kappa shape index (κ1) is 15.1. The van der Waals surface area contributed by atoms with Gasteiger partial charge in [0.15, 0.2) is 0 Å². The minimum atomic E-state index is 0.592. The summed E-state index contributed by atoms with van der Waals surface area (Å²) < 4.78 is 11.2. The number of hydrogen-bond donors (Lipinski definition) is 0. The standard InChI is InChI=1S/C17H14BrNO2/c1-20-15-6-4-13(5-7-15)14(11-19)9-12-3-8-17(21-2)16(18)10-12/h3-10H,1-2H3/b14-9+. The van der Waals surface area contributed by atoms with Gasteiger partial charge in [-0.25, -0.2) is 0 Å². The Morgan fingerprint density at radius 3 is 2.33 bits per heavy atom. The van der Waals surface area contributed by atoms with Crippen molar-refractivity contribution in [1.29, 1.82) is 5.26 Å². The van der Waals surface area contributed by atoms with E-state index < -0.39 is 0 Å². The molecule has 4 heteroatoms. The summed E-state index contributed by atoms with van der Waals surface area (Å²) in [5.41, 5.74) is 2.37. The van der Waals surface area contributed by atoms with E-state index in [4.69, 9.17) is 9.47 Å². The molecule has 2 aromatic rings. The Hall–Kier alpha value is -2.25. The molecule has 0 bridgehead atoms. The third-order valence-corrected chi connectivity index (χ3v) is 3.63. The quantitative estimate of drug-likeness (QED) is 0.604. The third-order valence-electron chi connectivity index (χ3n) is 3.01. The number of methoxy groups -OCH3 is 2. The van der Waals surface area contributed by atoms with Crippen molar-refractivity contribution in [3.8, 4) is 17.6 Å². The predicted molar refractivity (Wildman–Crippen MR) is 87.2 cm³/mol. The zero-order chi connectivity index (χ0) is 15.2. The molecule has 21 heavy (non-hydrogen) atoms. The molecule has 2 rings (SSSR count). The van der Waals surface area contributed by atoms with Crippen LogP contribution in [-0.2, 0) is 0 Å². The number of hydrogen-bond acceptors (Lipinski definition) is 3. The molecule has 0 N–H and O–H groups in total. The first-order valence-corrected chi connectivity index (χ1v) is 7.07. The highest BCUT2D eigenvalue weighted by atomic mass is 79.9. The molecule has 0 aliphatic rings. The average Bonchev–Trinajstić information content (AvgIpc) is 2.53. The molecule has 106 valence electrons. The Morgan fingerprint density at radius 2 is 1.81 bits per heavy atom. The van der Waals surface area contributed by atoms with Gasteiger partial charge in [0.25, 0.3) is 0 Å². The van der Waals surface area contributed by atoms with Crippen molar-refractivity contribution in [2.24, 2.45) is 0 Å². The van der Waals surface area contributed by atoms with Gasteiger partial charge in [0.05, 0.1) is 30.3 Å². The van der Waals surface area contributed by atoms with Crippen molar-refractivity contribution >= 4 is 27.6 Å². The Morgan fingerprint density at radius 1 is 1.10 bits per heavy atom. The lowest BCUT2D eigenvalue weighted by Gasteiger charge is -2.05. The normalized spacial score (nSPS) is 10.9. The van der Waals surface area contributed by atoms with Gasteiger partial charge in [0.1, 0.15) is 11.5 Å². The maximum Gasteiger partial charge on any atom is 0.133 e. The molecular formula is C17H14BrNO2. The highest BCUT2D eigenvalue weighted by Gasteiger charge is 2.04. The van der Waals surface area contributed by atoms with Gasteiger partial charge in [0.2, 0.25) is 0 Å². The van der Waals surface area contributed by atoms with Gasteiger partial charge < -0.3 is 9.47 Å². The number of benzene rings is 2. The van der Waals surface area contributed by atoms with Crippen molar-refractivity contribution in [2.45, 2.75) is 0 Å². The lowest BCUT2D eigenvalue weighted by molar-refractivity contribution is 0.412. The van der Waals surface area contributed by atoms with Gasteiger partial charge in [0, 0.05) is 0 Å². The Balaban J connectivity index is 2.36. The molecule has 0 aliphatic carbocycles. The molecule has 0 saturated carbocycles. The molecule has 0 unspecified atom stereocenters. The van der Waals surface area contributed by atoms with E-state index in [1.54, 1.807) is 14.2 Å². The van der Waals surface area contributed by atoms with Crippen LogP contribution >= 0.6 is 15.9 Å². The van der Waals surface area contributed by atoms with Gasteiger partial charge in [-0.3, -0.25) is 0 Å². The van der Waals surface area contributed by atoms with Crippen LogP contribution in [-0.4, -0.2) is 14.2 Å². The largest absolute Gasteiger partial charge is 0.497 e. The summed E-state index contributed by atoms with van der Waals surface area (Å²) in [6.07, 6.45) is 1.84. The summed E-state index contributed by atoms with van der Waals surface area (Å²) >= 11 is 3.44. The number of allylic oxidation sites excluding steroid dienone is 1. The smallest absolute Gasteiger partial charge is 0.133 e. The summed E-state index contributed by atoms with van der Waals surface area (Å²) in [6.45, 7) is 0. The number of nitrogens with zero attached hydrogens (tertiary/aromatic N) is 1. The summed E-state index contributed by atoms with van der Waals surface area (Å²) in [4.78, 5) is 0. The van der Waals surface area contributed by atoms with Crippen LogP contribution in [0.5, 0.6) is 11.5 Å². The second-order valence-electron chi connectivity index (χ2n) is 4.29. The highest BCUT2D eigenvalue weighted by Crippen LogP contribution is 2.28. The zero-order valence-corrected chi connectivity index (χ0v) is 13.3. The lowest BCUT2D eigenvalue weighted by Crippen LogP contribution is -1.87. The van der Waals surface area contributed by atoms with Gasteiger partial charge in [-0.1, -0.05) is 6.07 Å². The molecule has 3 nitrogen and oxygen atoms in total. The molecule has 0 atom stereocenters. The van der Waals surface area contributed by atoms with E-state index >= 15 is 0 Å². The maximum atomic E-state index is 9.35. The first-order valence-electron chi connectivity index (χ1n) is 6.27. The number of ether oxygens (including phenoxy) is 2. The maximum absolute atomic E-state index is 9.35. The molecule has 0 aliphatic heterocycles. The van der Waals surface area contributed by atoms with Gasteiger partial charge in [-0.05, 0) is 69.5 Å². The van der Waals surface area contributed by atoms with E-state index in [1.165, 1.54) is 0 Å². The molecule has 0 heterocycles. The Bertz CT molecular complexity index is 700. The summed E-state index contributed by atoms with van der Waals surface area (Å²) in [5.74, 6) is 1.53. The predicted octanol–water partition coefficient (Wildman–Crippen LogP) is 4.53. The first-order chi connectivity index (χ1) is 10.2. The van der Waals surface area contributed by atoms with Gasteiger partial charge in [-0.15, -0.1) is 0 Å². The molecule has 0 aromatic heterocycles. The van der Waals surface area contributed by atoms with E-state index in [2.05, 4.69) is 22.0 Å². The summed E-state index contributed by atoms with van der Waals surface area (Å²) in [5, 5.41) is 9.35. The molecule has 2 aromatic carbocycles. The molecule has 0 spiro atoms. The number of nitriles is 1. The molecule has 0 saturated heterocycles. The number of rotatable bonds is 4. The van der Waals surface area contributed by atoms with Crippen molar-refractivity contribution in [1.82, 2.24) is 0 Å². The van der Waals surface area contributed by atoms with Crippen LogP contribution in [0.3, 0.4) is 0 Å². The topological polar surface area (TPSA) is 42.2 Å². The van der Waals surface area contributed by atoms with Crippen LogP contribution in [0.4, 0.5) is 0 Å². The zero-order valence-electron chi connectivity index (χ0n) is 11.8. The van der Waals surface area contributed by atoms with Crippen LogP contribution in [0.25, 0.3) is 11.6 Å². The van der Waals surface area contributed by atoms with Crippen LogP contribution in [0.15, 0.2) is 46.9 Å². The van der Waals surface area contributed by atoms with E-state index in [9.17, 15) is 5.26 Å². The van der Waals surface area contributed by atoms with Crippen LogP contribution < -0.4 is 9.47 Å². The van der Waals surface area contributed by atoms with Crippen molar-refractivity contribution in [3.05, 3.63) is 58.1 Å². The van der Waals surface area contributed by atoms with E-state index in [1.807, 2.05) is 48.5 Å². The summed E-state index contributed by atoms with van der Waals surface area (Å²) in [6, 6.07) is 15.3. The average molecular weight is 344 g/mol. The fourth-order valence-electron chi connectivity index (χ4n) is 1.89. The Kier molecular flexibility index (Phi) is 5.02. The minimum absolute atomic E-state index is 0.592. The molecule has 0 fully saturated rings. The van der Waals surface area contributed by atoms with E-state index in [0.717, 1.165) is 27.1 Å².